The number of hydrogen-bond acceptors (Lipinski definition) is 3. The highest BCUT2D eigenvalue weighted by Gasteiger charge is 2.25. The number of benzene rings is 1. The first-order valence-electron chi connectivity index (χ1n) is 5.48. The lowest BCUT2D eigenvalue weighted by Gasteiger charge is -2.30. The first kappa shape index (κ1) is 13.0. The van der Waals surface area contributed by atoms with Crippen molar-refractivity contribution in [2.24, 2.45) is 0 Å². The van der Waals surface area contributed by atoms with E-state index in [4.69, 9.17) is 4.74 Å². The van der Waals surface area contributed by atoms with Crippen LogP contribution in [0.4, 0.5) is 0 Å². The molecule has 0 saturated carbocycles. The van der Waals surface area contributed by atoms with Crippen molar-refractivity contribution in [3.8, 4) is 5.75 Å². The van der Waals surface area contributed by atoms with Gasteiger partial charge >= 0.3 is 0 Å². The molecule has 1 N–H and O–H groups in total. The van der Waals surface area contributed by atoms with Crippen molar-refractivity contribution in [2.75, 3.05) is 34.9 Å². The molecule has 0 spiro atoms. The lowest BCUT2D eigenvalue weighted by molar-refractivity contribution is 0.277. The van der Waals surface area contributed by atoms with Gasteiger partial charge in [0.05, 0.1) is 7.11 Å². The van der Waals surface area contributed by atoms with Crippen LogP contribution in [-0.4, -0.2) is 34.9 Å². The minimum absolute atomic E-state index is 0.714. The standard InChI is InChI=1S/C11H15NO.C2H6O/c1-12-7-9-5-8-6-10(13-2)3-4-11(8)9;1-3-2/h3-4,6,9,12H,5,7H2,1-2H3;1-2H3. The normalized spacial score (nSPS) is 16.6. The van der Waals surface area contributed by atoms with Crippen LogP contribution in [0.25, 0.3) is 0 Å². The average molecular weight is 223 g/mol. The molecular weight excluding hydrogens is 202 g/mol. The molecule has 0 aromatic heterocycles. The van der Waals surface area contributed by atoms with E-state index in [1.807, 2.05) is 13.1 Å². The topological polar surface area (TPSA) is 30.5 Å². The molecule has 0 aliphatic heterocycles. The Hall–Kier alpha value is -1.06. The van der Waals surface area contributed by atoms with Gasteiger partial charge in [-0.25, -0.2) is 0 Å². The smallest absolute Gasteiger partial charge is 0.119 e. The van der Waals surface area contributed by atoms with Gasteiger partial charge in [-0.2, -0.15) is 0 Å². The molecule has 0 radical (unpaired) electrons. The van der Waals surface area contributed by atoms with E-state index in [9.17, 15) is 0 Å². The Morgan fingerprint density at radius 3 is 2.50 bits per heavy atom. The van der Waals surface area contributed by atoms with Crippen LogP contribution in [0, 0.1) is 0 Å². The predicted molar refractivity (Wildman–Crippen MR) is 66.3 cm³/mol. The third-order valence-corrected chi connectivity index (χ3v) is 2.71. The van der Waals surface area contributed by atoms with E-state index < -0.39 is 0 Å². The molecule has 1 aromatic rings. The second kappa shape index (κ2) is 6.51. The summed E-state index contributed by atoms with van der Waals surface area (Å²) in [5.41, 5.74) is 2.93. The largest absolute Gasteiger partial charge is 0.497 e. The Balaban J connectivity index is 0.000000386. The van der Waals surface area contributed by atoms with Gasteiger partial charge in [0.15, 0.2) is 0 Å². The van der Waals surface area contributed by atoms with Crippen molar-refractivity contribution in [3.05, 3.63) is 29.3 Å². The van der Waals surface area contributed by atoms with Crippen LogP contribution in [0.1, 0.15) is 17.0 Å². The maximum Gasteiger partial charge on any atom is 0.119 e. The second-order valence-corrected chi connectivity index (χ2v) is 3.93. The zero-order valence-electron chi connectivity index (χ0n) is 10.5. The molecule has 1 unspecified atom stereocenters. The zero-order chi connectivity index (χ0) is 12.0. The van der Waals surface area contributed by atoms with Gasteiger partial charge in [-0.05, 0) is 36.7 Å². The van der Waals surface area contributed by atoms with Crippen LogP contribution >= 0.6 is 0 Å². The van der Waals surface area contributed by atoms with Crippen LogP contribution in [0.5, 0.6) is 5.75 Å². The summed E-state index contributed by atoms with van der Waals surface area (Å²) in [4.78, 5) is 0. The number of ether oxygens (including phenoxy) is 2. The Kier molecular flexibility index (Phi) is 5.29. The maximum absolute atomic E-state index is 5.16. The fourth-order valence-corrected chi connectivity index (χ4v) is 1.96. The zero-order valence-corrected chi connectivity index (χ0v) is 10.5. The van der Waals surface area contributed by atoms with Gasteiger partial charge < -0.3 is 14.8 Å². The Morgan fingerprint density at radius 2 is 2.00 bits per heavy atom. The highest BCUT2D eigenvalue weighted by atomic mass is 16.5. The van der Waals surface area contributed by atoms with E-state index in [0.29, 0.717) is 5.92 Å². The van der Waals surface area contributed by atoms with E-state index in [-0.39, 0.29) is 0 Å². The summed E-state index contributed by atoms with van der Waals surface area (Å²) < 4.78 is 9.41. The van der Waals surface area contributed by atoms with E-state index in [1.165, 1.54) is 17.5 Å². The minimum Gasteiger partial charge on any atom is -0.497 e. The molecule has 90 valence electrons. The molecule has 1 aromatic carbocycles. The lowest BCUT2D eigenvalue weighted by Crippen LogP contribution is -2.26. The fraction of sp³-hybridized carbons (Fsp3) is 0.538. The van der Waals surface area contributed by atoms with Crippen molar-refractivity contribution >= 4 is 0 Å². The van der Waals surface area contributed by atoms with Gasteiger partial charge in [0.1, 0.15) is 5.75 Å². The second-order valence-electron chi connectivity index (χ2n) is 3.93. The summed E-state index contributed by atoms with van der Waals surface area (Å²) in [5.74, 6) is 1.69. The van der Waals surface area contributed by atoms with Crippen LogP contribution < -0.4 is 10.1 Å². The Bertz CT molecular complexity index is 326. The van der Waals surface area contributed by atoms with Crippen molar-refractivity contribution < 1.29 is 9.47 Å². The highest BCUT2D eigenvalue weighted by molar-refractivity contribution is 5.45. The molecule has 1 atom stereocenters. The van der Waals surface area contributed by atoms with Gasteiger partial charge in [-0.1, -0.05) is 6.07 Å². The number of methoxy groups -OCH3 is 2. The van der Waals surface area contributed by atoms with Crippen molar-refractivity contribution in [2.45, 2.75) is 12.3 Å². The quantitative estimate of drug-likeness (QED) is 0.848. The molecule has 1 aliphatic carbocycles. The summed E-state index contributed by atoms with van der Waals surface area (Å²) in [6.45, 7) is 1.08. The monoisotopic (exact) mass is 223 g/mol. The van der Waals surface area contributed by atoms with E-state index in [0.717, 1.165) is 12.3 Å². The molecule has 0 saturated heterocycles. The maximum atomic E-state index is 5.16. The summed E-state index contributed by atoms with van der Waals surface area (Å²) in [6.07, 6.45) is 1.19. The average Bonchev–Trinajstić information content (AvgIpc) is 2.26. The fourth-order valence-electron chi connectivity index (χ4n) is 1.96. The van der Waals surface area contributed by atoms with Crippen LogP contribution in [0.2, 0.25) is 0 Å². The number of nitrogens with one attached hydrogen (secondary N) is 1. The van der Waals surface area contributed by atoms with Gasteiger partial charge in [-0.3, -0.25) is 0 Å². The van der Waals surface area contributed by atoms with Crippen LogP contribution in [-0.2, 0) is 11.2 Å². The molecule has 2 rings (SSSR count). The number of fused-ring (bicyclic) bond motifs is 1. The molecule has 3 heteroatoms. The van der Waals surface area contributed by atoms with Gasteiger partial charge in [0, 0.05) is 26.7 Å². The SMILES string of the molecule is CNCC1Cc2cc(OC)ccc21.COC. The molecule has 16 heavy (non-hydrogen) atoms. The molecular formula is C13H21NO2. The van der Waals surface area contributed by atoms with E-state index >= 15 is 0 Å². The number of likely N-dealkylation sites (N-methyl/N-ethyl adjacent to an activating group) is 1. The highest BCUT2D eigenvalue weighted by Crippen LogP contribution is 2.36. The van der Waals surface area contributed by atoms with E-state index in [2.05, 4.69) is 22.2 Å². The van der Waals surface area contributed by atoms with Crippen molar-refractivity contribution in [1.29, 1.82) is 0 Å². The molecule has 3 nitrogen and oxygen atoms in total. The van der Waals surface area contributed by atoms with Crippen LogP contribution in [0.15, 0.2) is 18.2 Å². The van der Waals surface area contributed by atoms with E-state index in [1.54, 1.807) is 21.3 Å². The minimum atomic E-state index is 0.714. The first-order chi connectivity index (χ1) is 7.76. The molecule has 0 amide bonds. The first-order valence-corrected chi connectivity index (χ1v) is 5.48. The number of rotatable bonds is 3. The summed E-state index contributed by atoms with van der Waals surface area (Å²) in [7, 11) is 6.97. The Labute approximate surface area is 97.8 Å². The third kappa shape index (κ3) is 2.97. The summed E-state index contributed by atoms with van der Waals surface area (Å²) in [5, 5.41) is 3.21. The summed E-state index contributed by atoms with van der Waals surface area (Å²) in [6, 6.07) is 6.36. The van der Waals surface area contributed by atoms with Gasteiger partial charge in [-0.15, -0.1) is 0 Å². The Morgan fingerprint density at radius 1 is 1.31 bits per heavy atom. The summed E-state index contributed by atoms with van der Waals surface area (Å²) >= 11 is 0. The van der Waals surface area contributed by atoms with Gasteiger partial charge in [0.2, 0.25) is 0 Å². The number of hydrogen-bond donors (Lipinski definition) is 1. The van der Waals surface area contributed by atoms with Crippen molar-refractivity contribution in [3.63, 3.8) is 0 Å². The third-order valence-electron chi connectivity index (χ3n) is 2.71. The van der Waals surface area contributed by atoms with Gasteiger partial charge in [0.25, 0.3) is 0 Å². The molecule has 0 bridgehead atoms. The molecule has 0 fully saturated rings. The molecule has 0 heterocycles. The van der Waals surface area contributed by atoms with Crippen LogP contribution in [0.3, 0.4) is 0 Å². The lowest BCUT2D eigenvalue weighted by atomic mass is 9.77. The molecule has 1 aliphatic rings. The predicted octanol–water partition coefficient (Wildman–Crippen LogP) is 1.82. The van der Waals surface area contributed by atoms with Crippen molar-refractivity contribution in [1.82, 2.24) is 5.32 Å².